The number of aliphatic hydroxyl groups excluding tert-OH is 1. The molecule has 3 atom stereocenters. The van der Waals surface area contributed by atoms with Crippen LogP contribution in [0, 0.1) is 5.92 Å². The molecule has 6 N–H and O–H groups in total. The van der Waals surface area contributed by atoms with E-state index in [1.165, 1.54) is 6.92 Å². The van der Waals surface area contributed by atoms with Crippen LogP contribution in [0.25, 0.3) is 0 Å². The molecule has 0 aliphatic rings. The highest BCUT2D eigenvalue weighted by Gasteiger charge is 2.25. The number of carboxylic acid groups (broad SMARTS) is 2. The summed E-state index contributed by atoms with van der Waals surface area (Å²) in [4.78, 5) is 31.3. The zero-order valence-corrected chi connectivity index (χ0v) is 12.0. The first-order valence-electron chi connectivity index (χ1n) is 6.27. The van der Waals surface area contributed by atoms with Gasteiger partial charge in [0.2, 0.25) is 5.91 Å². The Bertz CT molecular complexity index is 319. The first-order chi connectivity index (χ1) is 9.15. The van der Waals surface area contributed by atoms with Gasteiger partial charge in [0.15, 0.2) is 0 Å². The maximum absolute atomic E-state index is 11.3. The third-order valence-electron chi connectivity index (χ3n) is 2.45. The van der Waals surface area contributed by atoms with Gasteiger partial charge in [-0.3, -0.25) is 9.59 Å². The minimum absolute atomic E-state index is 0.0692. The highest BCUT2D eigenvalue weighted by Crippen LogP contribution is 2.08. The Morgan fingerprint density at radius 2 is 1.65 bits per heavy atom. The van der Waals surface area contributed by atoms with Crippen LogP contribution >= 0.6 is 0 Å². The molecule has 0 aromatic heterocycles. The summed E-state index contributed by atoms with van der Waals surface area (Å²) < 4.78 is 0. The first-order valence-corrected chi connectivity index (χ1v) is 6.27. The zero-order chi connectivity index (χ0) is 16.3. The maximum atomic E-state index is 11.3. The van der Waals surface area contributed by atoms with E-state index < -0.39 is 30.0 Å². The van der Waals surface area contributed by atoms with Gasteiger partial charge < -0.3 is 26.4 Å². The number of nitrogens with two attached hydrogens (primary N) is 1. The molecular weight excluding hydrogens is 268 g/mol. The third kappa shape index (κ3) is 11.4. The van der Waals surface area contributed by atoms with Crippen LogP contribution in [0.4, 0.5) is 0 Å². The summed E-state index contributed by atoms with van der Waals surface area (Å²) in [6.45, 7) is 4.83. The topological polar surface area (TPSA) is 150 Å². The molecular formula is C12H24N2O6. The second-order valence-electron chi connectivity index (χ2n) is 4.42. The lowest BCUT2D eigenvalue weighted by Gasteiger charge is -2.20. The maximum Gasteiger partial charge on any atom is 0.326 e. The monoisotopic (exact) mass is 292 g/mol. The Kier molecular flexibility index (Phi) is 11.5. The Morgan fingerprint density at radius 3 is 1.90 bits per heavy atom. The molecule has 0 heterocycles. The predicted molar refractivity (Wildman–Crippen MR) is 72.0 cm³/mol. The van der Waals surface area contributed by atoms with E-state index in [1.807, 2.05) is 6.92 Å². The van der Waals surface area contributed by atoms with Crippen molar-refractivity contribution >= 4 is 17.8 Å². The number of carbonyl (C=O) groups excluding carboxylic acids is 1. The van der Waals surface area contributed by atoms with Crippen molar-refractivity contribution in [1.29, 1.82) is 0 Å². The molecule has 0 bridgehead atoms. The normalized spacial score (nSPS) is 14.2. The van der Waals surface area contributed by atoms with Crippen molar-refractivity contribution in [3.63, 3.8) is 0 Å². The summed E-state index contributed by atoms with van der Waals surface area (Å²) >= 11 is 0. The van der Waals surface area contributed by atoms with E-state index in [0.717, 1.165) is 0 Å². The fourth-order valence-corrected chi connectivity index (χ4v) is 1.18. The molecule has 0 rings (SSSR count). The van der Waals surface area contributed by atoms with Gasteiger partial charge in [-0.15, -0.1) is 0 Å². The number of nitrogens with one attached hydrogen (secondary N) is 1. The van der Waals surface area contributed by atoms with Crippen LogP contribution in [0.15, 0.2) is 0 Å². The molecule has 0 aliphatic carbocycles. The summed E-state index contributed by atoms with van der Waals surface area (Å²) in [6.07, 6.45) is -0.150. The van der Waals surface area contributed by atoms with Crippen molar-refractivity contribution in [2.45, 2.75) is 45.8 Å². The molecule has 0 aromatic carbocycles. The Labute approximate surface area is 118 Å². The molecule has 0 radical (unpaired) electrons. The van der Waals surface area contributed by atoms with Crippen molar-refractivity contribution in [2.75, 3.05) is 6.54 Å². The average molecular weight is 292 g/mol. The number of hydrogen-bond acceptors (Lipinski definition) is 5. The third-order valence-corrected chi connectivity index (χ3v) is 2.45. The molecule has 0 saturated carbocycles. The molecule has 8 heteroatoms. The van der Waals surface area contributed by atoms with E-state index in [-0.39, 0.29) is 18.9 Å². The van der Waals surface area contributed by atoms with E-state index in [2.05, 4.69) is 11.1 Å². The van der Waals surface area contributed by atoms with Gasteiger partial charge in [0.05, 0.1) is 19.1 Å². The van der Waals surface area contributed by atoms with Gasteiger partial charge in [-0.05, 0) is 12.8 Å². The summed E-state index contributed by atoms with van der Waals surface area (Å²) in [5.74, 6) is -2.56. The van der Waals surface area contributed by atoms with Crippen LogP contribution in [0.3, 0.4) is 0 Å². The molecule has 0 fully saturated rings. The first kappa shape index (κ1) is 20.6. The summed E-state index contributed by atoms with van der Waals surface area (Å²) in [7, 11) is 0. The highest BCUT2D eigenvalue weighted by molar-refractivity contribution is 5.83. The molecule has 8 nitrogen and oxygen atoms in total. The van der Waals surface area contributed by atoms with Crippen molar-refractivity contribution in [3.05, 3.63) is 0 Å². The van der Waals surface area contributed by atoms with Gasteiger partial charge in [-0.25, -0.2) is 4.79 Å². The smallest absolute Gasteiger partial charge is 0.326 e. The number of rotatable bonds is 7. The molecule has 0 aromatic rings. The number of carbonyl (C=O) groups is 3. The van der Waals surface area contributed by atoms with Gasteiger partial charge in [0.25, 0.3) is 0 Å². The second-order valence-corrected chi connectivity index (χ2v) is 4.42. The van der Waals surface area contributed by atoms with Crippen molar-refractivity contribution < 1.29 is 29.7 Å². The summed E-state index contributed by atoms with van der Waals surface area (Å²) in [5.41, 5.74) is 4.57. The van der Waals surface area contributed by atoms with Gasteiger partial charge in [0, 0.05) is 0 Å². The van der Waals surface area contributed by atoms with Crippen molar-refractivity contribution in [2.24, 2.45) is 11.7 Å². The van der Waals surface area contributed by atoms with Crippen molar-refractivity contribution in [3.8, 4) is 0 Å². The summed E-state index contributed by atoms with van der Waals surface area (Å²) in [6, 6.07) is -0.874. The van der Waals surface area contributed by atoms with Crippen LogP contribution in [0.2, 0.25) is 0 Å². The molecule has 0 aliphatic heterocycles. The Balaban J connectivity index is 0. The average Bonchev–Trinajstić information content (AvgIpc) is 2.34. The fraction of sp³-hybridized carbons (Fsp3) is 0.750. The number of aliphatic hydroxyl groups is 1. The lowest BCUT2D eigenvalue weighted by atomic mass is 9.99. The fourth-order valence-electron chi connectivity index (χ4n) is 1.18. The predicted octanol–water partition coefficient (Wildman–Crippen LogP) is -0.597. The molecule has 0 spiro atoms. The van der Waals surface area contributed by atoms with Gasteiger partial charge in [-0.2, -0.15) is 0 Å². The molecule has 0 saturated heterocycles. The van der Waals surface area contributed by atoms with Crippen LogP contribution in [0.5, 0.6) is 0 Å². The lowest BCUT2D eigenvalue weighted by Crippen LogP contribution is -2.45. The number of carboxylic acids is 2. The number of hydrogen-bond donors (Lipinski definition) is 5. The van der Waals surface area contributed by atoms with Gasteiger partial charge >= 0.3 is 11.9 Å². The van der Waals surface area contributed by atoms with Crippen LogP contribution < -0.4 is 11.1 Å². The zero-order valence-electron chi connectivity index (χ0n) is 12.0. The number of amides is 1. The number of aliphatic carboxylic acids is 2. The minimum atomic E-state index is -1.04. The SMILES string of the molecule is CCC(C)C(NC(=O)CC(C)O)C(=O)O.NCC(=O)O. The van der Waals surface area contributed by atoms with E-state index in [4.69, 9.17) is 15.3 Å². The lowest BCUT2D eigenvalue weighted by molar-refractivity contribution is -0.143. The molecule has 118 valence electrons. The van der Waals surface area contributed by atoms with Gasteiger partial charge in [0.1, 0.15) is 6.04 Å². The Morgan fingerprint density at radius 1 is 1.20 bits per heavy atom. The second kappa shape index (κ2) is 11.2. The molecule has 3 unspecified atom stereocenters. The molecule has 1 amide bonds. The standard InChI is InChI=1S/C10H19NO4.C2H5NO2/c1-4-6(2)9(10(14)15)11-8(13)5-7(3)12;3-1-2(4)5/h6-7,9,12H,4-5H2,1-3H3,(H,11,13)(H,14,15);1,3H2,(H,4,5). The van der Waals surface area contributed by atoms with Crippen molar-refractivity contribution in [1.82, 2.24) is 5.32 Å². The minimum Gasteiger partial charge on any atom is -0.480 e. The van der Waals surface area contributed by atoms with E-state index in [1.54, 1.807) is 6.92 Å². The quantitative estimate of drug-likeness (QED) is 0.420. The highest BCUT2D eigenvalue weighted by atomic mass is 16.4. The summed E-state index contributed by atoms with van der Waals surface area (Å²) in [5, 5.41) is 27.8. The van der Waals surface area contributed by atoms with Crippen LogP contribution in [-0.4, -0.2) is 51.9 Å². The van der Waals surface area contributed by atoms with E-state index in [0.29, 0.717) is 6.42 Å². The molecule has 20 heavy (non-hydrogen) atoms. The van der Waals surface area contributed by atoms with Crippen LogP contribution in [0.1, 0.15) is 33.6 Å². The van der Waals surface area contributed by atoms with Gasteiger partial charge in [-0.1, -0.05) is 20.3 Å². The van der Waals surface area contributed by atoms with E-state index in [9.17, 15) is 14.4 Å². The Hall–Kier alpha value is -1.67. The largest absolute Gasteiger partial charge is 0.480 e. The van der Waals surface area contributed by atoms with Crippen LogP contribution in [-0.2, 0) is 14.4 Å². The van der Waals surface area contributed by atoms with E-state index >= 15 is 0 Å².